The van der Waals surface area contributed by atoms with Crippen molar-refractivity contribution in [1.82, 2.24) is 14.9 Å². The number of carbonyl (C=O) groups is 1. The zero-order chi connectivity index (χ0) is 13.6. The van der Waals surface area contributed by atoms with Gasteiger partial charge in [-0.3, -0.25) is 0 Å². The smallest absolute Gasteiger partial charge is 0.475 e. The van der Waals surface area contributed by atoms with Crippen LogP contribution < -0.4 is 5.32 Å². The Morgan fingerprint density at radius 1 is 1.39 bits per heavy atom. The van der Waals surface area contributed by atoms with Crippen LogP contribution in [0.4, 0.5) is 13.2 Å². The summed E-state index contributed by atoms with van der Waals surface area (Å²) in [5.74, 6) is -2.76. The number of hydrogen-bond donors (Lipinski definition) is 2. The summed E-state index contributed by atoms with van der Waals surface area (Å²) >= 11 is 0. The van der Waals surface area contributed by atoms with Crippen molar-refractivity contribution in [3.63, 3.8) is 0 Å². The van der Waals surface area contributed by atoms with E-state index in [1.54, 1.807) is 0 Å². The average molecular weight is 265 g/mol. The first-order valence-electron chi connectivity index (χ1n) is 5.39. The molecule has 1 aliphatic heterocycles. The van der Waals surface area contributed by atoms with Gasteiger partial charge < -0.3 is 15.0 Å². The number of imidazole rings is 1. The fourth-order valence-electron chi connectivity index (χ4n) is 1.59. The standard InChI is InChI=1S/C8H13N3.C2HF3O2/c1-3-9-4-2-8(1)11-6-5-10-7-11;3-2(4,5)1(6)7/h5-9H,1-4H2;(H,6,7). The van der Waals surface area contributed by atoms with Crippen molar-refractivity contribution in [2.45, 2.75) is 25.1 Å². The van der Waals surface area contributed by atoms with Crippen molar-refractivity contribution in [3.05, 3.63) is 18.7 Å². The molecule has 18 heavy (non-hydrogen) atoms. The summed E-state index contributed by atoms with van der Waals surface area (Å²) < 4.78 is 33.9. The Kier molecular flexibility index (Phi) is 5.14. The lowest BCUT2D eigenvalue weighted by Gasteiger charge is -2.23. The van der Waals surface area contributed by atoms with E-state index in [9.17, 15) is 13.2 Å². The number of carboxylic acid groups (broad SMARTS) is 1. The van der Waals surface area contributed by atoms with Crippen LogP contribution in [0.2, 0.25) is 0 Å². The van der Waals surface area contributed by atoms with E-state index >= 15 is 0 Å². The van der Waals surface area contributed by atoms with Gasteiger partial charge >= 0.3 is 12.1 Å². The van der Waals surface area contributed by atoms with E-state index in [4.69, 9.17) is 9.90 Å². The molecule has 0 saturated carbocycles. The zero-order valence-electron chi connectivity index (χ0n) is 9.52. The van der Waals surface area contributed by atoms with E-state index in [1.165, 1.54) is 12.8 Å². The molecule has 2 heterocycles. The van der Waals surface area contributed by atoms with Crippen LogP contribution in [0, 0.1) is 0 Å². The van der Waals surface area contributed by atoms with Crippen molar-refractivity contribution >= 4 is 5.97 Å². The summed E-state index contributed by atoms with van der Waals surface area (Å²) in [5.41, 5.74) is 0. The number of piperidine rings is 1. The van der Waals surface area contributed by atoms with E-state index in [1.807, 2.05) is 12.5 Å². The third kappa shape index (κ3) is 4.74. The average Bonchev–Trinajstić information content (AvgIpc) is 2.83. The fourth-order valence-corrected chi connectivity index (χ4v) is 1.59. The Bertz CT molecular complexity index is 359. The first kappa shape index (κ1) is 14.5. The number of nitrogens with zero attached hydrogens (tertiary/aromatic N) is 2. The third-order valence-electron chi connectivity index (χ3n) is 2.50. The predicted molar refractivity (Wildman–Crippen MR) is 57.1 cm³/mol. The first-order chi connectivity index (χ1) is 8.41. The van der Waals surface area contributed by atoms with Crippen LogP contribution in [0.25, 0.3) is 0 Å². The van der Waals surface area contributed by atoms with E-state index < -0.39 is 12.1 Å². The third-order valence-corrected chi connectivity index (χ3v) is 2.50. The predicted octanol–water partition coefficient (Wildman–Crippen LogP) is 1.44. The zero-order valence-corrected chi connectivity index (χ0v) is 9.52. The summed E-state index contributed by atoms with van der Waals surface area (Å²) in [4.78, 5) is 12.9. The second-order valence-corrected chi connectivity index (χ2v) is 3.79. The molecule has 0 amide bonds. The van der Waals surface area contributed by atoms with Gasteiger partial charge in [-0.2, -0.15) is 13.2 Å². The Balaban J connectivity index is 0.000000203. The summed E-state index contributed by atoms with van der Waals surface area (Å²) in [6, 6.07) is 0.679. The molecule has 8 heteroatoms. The van der Waals surface area contributed by atoms with E-state index in [2.05, 4.69) is 21.1 Å². The minimum absolute atomic E-state index is 0.679. The molecule has 0 aromatic carbocycles. The van der Waals surface area contributed by atoms with Gasteiger partial charge in [0.05, 0.1) is 6.33 Å². The number of aliphatic carboxylic acids is 1. The van der Waals surface area contributed by atoms with E-state index in [-0.39, 0.29) is 0 Å². The van der Waals surface area contributed by atoms with Crippen LogP contribution in [0.5, 0.6) is 0 Å². The van der Waals surface area contributed by atoms with Crippen molar-refractivity contribution in [2.75, 3.05) is 13.1 Å². The molecule has 1 aromatic heterocycles. The molecule has 2 rings (SSSR count). The van der Waals surface area contributed by atoms with Crippen molar-refractivity contribution in [1.29, 1.82) is 0 Å². The maximum Gasteiger partial charge on any atom is 0.490 e. The maximum absolute atomic E-state index is 10.6. The molecule has 0 spiro atoms. The number of halogens is 3. The molecule has 5 nitrogen and oxygen atoms in total. The van der Waals surface area contributed by atoms with Gasteiger partial charge in [0.25, 0.3) is 0 Å². The highest BCUT2D eigenvalue weighted by atomic mass is 19.4. The van der Waals surface area contributed by atoms with Gasteiger partial charge in [0.1, 0.15) is 0 Å². The van der Waals surface area contributed by atoms with Gasteiger partial charge in [-0.25, -0.2) is 9.78 Å². The van der Waals surface area contributed by atoms with Gasteiger partial charge in [-0.1, -0.05) is 0 Å². The Morgan fingerprint density at radius 3 is 2.33 bits per heavy atom. The Hall–Kier alpha value is -1.57. The SMILES string of the molecule is O=C(O)C(F)(F)F.c1cn(C2CCNCC2)cn1. The molecule has 1 aromatic rings. The molecule has 0 radical (unpaired) electrons. The fraction of sp³-hybridized carbons (Fsp3) is 0.600. The quantitative estimate of drug-likeness (QED) is 0.806. The topological polar surface area (TPSA) is 67.2 Å². The molecule has 0 atom stereocenters. The molecule has 1 fully saturated rings. The number of carboxylic acids is 1. The molecular weight excluding hydrogens is 251 g/mol. The van der Waals surface area contributed by atoms with E-state index in [0.29, 0.717) is 6.04 Å². The molecule has 2 N–H and O–H groups in total. The van der Waals surface area contributed by atoms with Gasteiger partial charge in [0, 0.05) is 18.4 Å². The highest BCUT2D eigenvalue weighted by molar-refractivity contribution is 5.73. The lowest BCUT2D eigenvalue weighted by Crippen LogP contribution is -2.28. The van der Waals surface area contributed by atoms with Gasteiger partial charge in [0.15, 0.2) is 0 Å². The minimum atomic E-state index is -5.08. The normalized spacial score (nSPS) is 16.8. The molecule has 1 saturated heterocycles. The highest BCUT2D eigenvalue weighted by Gasteiger charge is 2.38. The monoisotopic (exact) mass is 265 g/mol. The number of alkyl halides is 3. The van der Waals surface area contributed by atoms with Gasteiger partial charge in [-0.15, -0.1) is 0 Å². The number of nitrogens with one attached hydrogen (secondary N) is 1. The highest BCUT2D eigenvalue weighted by Crippen LogP contribution is 2.16. The van der Waals surface area contributed by atoms with Crippen LogP contribution in [0.1, 0.15) is 18.9 Å². The Morgan fingerprint density at radius 2 is 1.94 bits per heavy atom. The largest absolute Gasteiger partial charge is 0.490 e. The lowest BCUT2D eigenvalue weighted by atomic mass is 10.1. The molecule has 1 aliphatic rings. The lowest BCUT2D eigenvalue weighted by molar-refractivity contribution is -0.192. The second kappa shape index (κ2) is 6.39. The second-order valence-electron chi connectivity index (χ2n) is 3.79. The van der Waals surface area contributed by atoms with Crippen LogP contribution in [-0.2, 0) is 4.79 Å². The Labute approximate surface area is 102 Å². The number of aromatic nitrogens is 2. The minimum Gasteiger partial charge on any atom is -0.475 e. The summed E-state index contributed by atoms with van der Waals surface area (Å²) in [6.07, 6.45) is 3.20. The number of rotatable bonds is 1. The van der Waals surface area contributed by atoms with E-state index in [0.717, 1.165) is 13.1 Å². The summed E-state index contributed by atoms with van der Waals surface area (Å²) in [6.45, 7) is 2.28. The van der Waals surface area contributed by atoms with Crippen LogP contribution in [0.15, 0.2) is 18.7 Å². The van der Waals surface area contributed by atoms with Crippen LogP contribution >= 0.6 is 0 Å². The summed E-state index contributed by atoms with van der Waals surface area (Å²) in [7, 11) is 0. The first-order valence-corrected chi connectivity index (χ1v) is 5.39. The van der Waals surface area contributed by atoms with Gasteiger partial charge in [-0.05, 0) is 25.9 Å². The number of hydrogen-bond acceptors (Lipinski definition) is 3. The maximum atomic E-state index is 10.6. The molecule has 0 aliphatic carbocycles. The molecule has 0 unspecified atom stereocenters. The van der Waals surface area contributed by atoms with Crippen molar-refractivity contribution in [2.24, 2.45) is 0 Å². The van der Waals surface area contributed by atoms with Crippen LogP contribution in [0.3, 0.4) is 0 Å². The van der Waals surface area contributed by atoms with Crippen molar-refractivity contribution < 1.29 is 23.1 Å². The van der Waals surface area contributed by atoms with Gasteiger partial charge in [0.2, 0.25) is 0 Å². The molecule has 102 valence electrons. The molecular formula is C10H14F3N3O2. The van der Waals surface area contributed by atoms with Crippen molar-refractivity contribution in [3.8, 4) is 0 Å². The van der Waals surface area contributed by atoms with Crippen LogP contribution in [-0.4, -0.2) is 39.9 Å². The summed E-state index contributed by atoms with van der Waals surface area (Å²) in [5, 5.41) is 10.5. The molecule has 0 bridgehead atoms.